The lowest BCUT2D eigenvalue weighted by atomic mass is 10.0. The van der Waals surface area contributed by atoms with Gasteiger partial charge in [-0.05, 0) is 18.4 Å². The highest BCUT2D eigenvalue weighted by Gasteiger charge is 2.09. The van der Waals surface area contributed by atoms with Gasteiger partial charge >= 0.3 is 0 Å². The van der Waals surface area contributed by atoms with Crippen molar-refractivity contribution in [2.24, 2.45) is 11.7 Å². The molecular formula is C15H24N2OS. The molecule has 1 aromatic rings. The maximum Gasteiger partial charge on any atom is 0.123 e. The lowest BCUT2D eigenvalue weighted by Crippen LogP contribution is -2.16. The summed E-state index contributed by atoms with van der Waals surface area (Å²) >= 11 is 4.99. The quantitative estimate of drug-likeness (QED) is 0.704. The van der Waals surface area contributed by atoms with Crippen molar-refractivity contribution >= 4 is 17.2 Å². The Morgan fingerprint density at radius 1 is 1.47 bits per heavy atom. The predicted octanol–water partition coefficient (Wildman–Crippen LogP) is 3.45. The Hall–Kier alpha value is -1.00. The summed E-state index contributed by atoms with van der Waals surface area (Å²) in [7, 11) is 0. The first-order chi connectivity index (χ1) is 9.19. The fourth-order valence-corrected chi connectivity index (χ4v) is 2.19. The third-order valence-electron chi connectivity index (χ3n) is 3.28. The number of pyridine rings is 1. The van der Waals surface area contributed by atoms with Gasteiger partial charge in [-0.25, -0.2) is 0 Å². The summed E-state index contributed by atoms with van der Waals surface area (Å²) in [6, 6.07) is 3.85. The Labute approximate surface area is 121 Å². The van der Waals surface area contributed by atoms with Gasteiger partial charge in [0.25, 0.3) is 0 Å². The fraction of sp³-hybridized carbons (Fsp3) is 0.600. The molecule has 0 bridgehead atoms. The molecule has 1 atom stereocenters. The second kappa shape index (κ2) is 8.99. The van der Waals surface area contributed by atoms with Gasteiger partial charge in [-0.3, -0.25) is 4.98 Å². The molecule has 0 amide bonds. The zero-order valence-corrected chi connectivity index (χ0v) is 12.7. The zero-order valence-electron chi connectivity index (χ0n) is 11.9. The number of ether oxygens (including phenoxy) is 1. The molecule has 0 aliphatic rings. The normalized spacial score (nSPS) is 12.3. The molecule has 0 spiro atoms. The third kappa shape index (κ3) is 5.66. The van der Waals surface area contributed by atoms with Gasteiger partial charge in [-0.15, -0.1) is 0 Å². The first kappa shape index (κ1) is 16.1. The van der Waals surface area contributed by atoms with Gasteiger partial charge in [0.05, 0.1) is 6.61 Å². The summed E-state index contributed by atoms with van der Waals surface area (Å²) in [6.07, 6.45) is 6.61. The summed E-state index contributed by atoms with van der Waals surface area (Å²) in [5.41, 5.74) is 7.30. The van der Waals surface area contributed by atoms with E-state index in [0.29, 0.717) is 23.2 Å². The molecule has 2 N–H and O–H groups in total. The second-order valence-electron chi connectivity index (χ2n) is 4.81. The molecule has 0 aromatic carbocycles. The van der Waals surface area contributed by atoms with E-state index in [4.69, 9.17) is 22.7 Å². The number of aromatic nitrogens is 1. The molecule has 3 nitrogen and oxygen atoms in total. The molecule has 0 fully saturated rings. The van der Waals surface area contributed by atoms with Crippen molar-refractivity contribution < 1.29 is 4.74 Å². The van der Waals surface area contributed by atoms with Crippen molar-refractivity contribution in [3.63, 3.8) is 0 Å². The van der Waals surface area contributed by atoms with Gasteiger partial charge in [0.15, 0.2) is 0 Å². The van der Waals surface area contributed by atoms with Crippen molar-refractivity contribution in [1.29, 1.82) is 0 Å². The molecule has 1 aromatic heterocycles. The fourth-order valence-electron chi connectivity index (χ4n) is 2.01. The lowest BCUT2D eigenvalue weighted by molar-refractivity contribution is 0.0817. The summed E-state index contributed by atoms with van der Waals surface area (Å²) < 4.78 is 5.81. The Kier molecular flexibility index (Phi) is 7.60. The SMILES string of the molecule is CCCCC(CC)COCc1cccnc1C(N)=S. The maximum atomic E-state index is 5.81. The number of hydrogen-bond acceptors (Lipinski definition) is 3. The van der Waals surface area contributed by atoms with Gasteiger partial charge in [-0.2, -0.15) is 0 Å². The second-order valence-corrected chi connectivity index (χ2v) is 5.25. The highest BCUT2D eigenvalue weighted by Crippen LogP contribution is 2.14. The number of nitrogens with zero attached hydrogens (tertiary/aromatic N) is 1. The van der Waals surface area contributed by atoms with Crippen molar-refractivity contribution in [1.82, 2.24) is 4.98 Å². The Balaban J connectivity index is 2.46. The van der Waals surface area contributed by atoms with E-state index in [2.05, 4.69) is 18.8 Å². The van der Waals surface area contributed by atoms with E-state index in [1.807, 2.05) is 12.1 Å². The van der Waals surface area contributed by atoms with Crippen molar-refractivity contribution in [2.75, 3.05) is 6.61 Å². The molecule has 106 valence electrons. The molecule has 1 heterocycles. The van der Waals surface area contributed by atoms with Gasteiger partial charge in [-0.1, -0.05) is 51.4 Å². The van der Waals surface area contributed by atoms with Gasteiger partial charge < -0.3 is 10.5 Å². The Bertz CT molecular complexity index is 395. The van der Waals surface area contributed by atoms with Crippen LogP contribution in [0.2, 0.25) is 0 Å². The van der Waals surface area contributed by atoms with Crippen LogP contribution in [-0.2, 0) is 11.3 Å². The predicted molar refractivity (Wildman–Crippen MR) is 83.1 cm³/mol. The average Bonchev–Trinajstić information content (AvgIpc) is 2.43. The van der Waals surface area contributed by atoms with Crippen LogP contribution in [0.3, 0.4) is 0 Å². The van der Waals surface area contributed by atoms with Gasteiger partial charge in [0.2, 0.25) is 0 Å². The average molecular weight is 280 g/mol. The van der Waals surface area contributed by atoms with E-state index in [1.54, 1.807) is 6.20 Å². The molecule has 4 heteroatoms. The Morgan fingerprint density at radius 3 is 2.89 bits per heavy atom. The monoisotopic (exact) mass is 280 g/mol. The van der Waals surface area contributed by atoms with Crippen LogP contribution in [0.5, 0.6) is 0 Å². The van der Waals surface area contributed by atoms with Crippen LogP contribution in [0.15, 0.2) is 18.3 Å². The topological polar surface area (TPSA) is 48.1 Å². The molecule has 0 aliphatic heterocycles. The summed E-state index contributed by atoms with van der Waals surface area (Å²) in [5, 5.41) is 0. The first-order valence-corrected chi connectivity index (χ1v) is 7.41. The van der Waals surface area contributed by atoms with Crippen LogP contribution in [0.4, 0.5) is 0 Å². The molecule has 1 rings (SSSR count). The summed E-state index contributed by atoms with van der Waals surface area (Å²) in [6.45, 7) is 5.76. The maximum absolute atomic E-state index is 5.81. The Morgan fingerprint density at radius 2 is 2.26 bits per heavy atom. The minimum Gasteiger partial charge on any atom is -0.388 e. The smallest absolute Gasteiger partial charge is 0.123 e. The van der Waals surface area contributed by atoms with Crippen molar-refractivity contribution in [3.05, 3.63) is 29.6 Å². The number of rotatable bonds is 9. The lowest BCUT2D eigenvalue weighted by Gasteiger charge is -2.15. The van der Waals surface area contributed by atoms with Gasteiger partial charge in [0, 0.05) is 18.4 Å². The van der Waals surface area contributed by atoms with Crippen LogP contribution < -0.4 is 5.73 Å². The van der Waals surface area contributed by atoms with Crippen LogP contribution in [-0.4, -0.2) is 16.6 Å². The van der Waals surface area contributed by atoms with Crippen LogP contribution in [0.25, 0.3) is 0 Å². The van der Waals surface area contributed by atoms with E-state index in [9.17, 15) is 0 Å². The molecule has 0 aliphatic carbocycles. The summed E-state index contributed by atoms with van der Waals surface area (Å²) in [5.74, 6) is 0.643. The van der Waals surface area contributed by atoms with Crippen LogP contribution in [0.1, 0.15) is 50.8 Å². The highest BCUT2D eigenvalue weighted by molar-refractivity contribution is 7.80. The molecular weight excluding hydrogens is 256 g/mol. The largest absolute Gasteiger partial charge is 0.388 e. The third-order valence-corrected chi connectivity index (χ3v) is 3.47. The molecule has 19 heavy (non-hydrogen) atoms. The zero-order chi connectivity index (χ0) is 14.1. The molecule has 0 saturated carbocycles. The van der Waals surface area contributed by atoms with Crippen LogP contribution in [0, 0.1) is 5.92 Å². The standard InChI is InChI=1S/C15H24N2OS/c1-3-5-7-12(4-2)10-18-11-13-8-6-9-17-14(13)15(16)19/h6,8-9,12H,3-5,7,10-11H2,1-2H3,(H2,16,19). The number of hydrogen-bond donors (Lipinski definition) is 1. The van der Waals surface area contributed by atoms with E-state index in [-0.39, 0.29) is 0 Å². The van der Waals surface area contributed by atoms with Crippen molar-refractivity contribution in [3.8, 4) is 0 Å². The van der Waals surface area contributed by atoms with Gasteiger partial charge in [0.1, 0.15) is 10.7 Å². The van der Waals surface area contributed by atoms with E-state index < -0.39 is 0 Å². The number of nitrogens with two attached hydrogens (primary N) is 1. The number of unbranched alkanes of at least 4 members (excludes halogenated alkanes) is 1. The van der Waals surface area contributed by atoms with Crippen molar-refractivity contribution in [2.45, 2.75) is 46.1 Å². The minimum absolute atomic E-state index is 0.331. The molecule has 0 saturated heterocycles. The van der Waals surface area contributed by atoms with E-state index in [1.165, 1.54) is 19.3 Å². The molecule has 0 radical (unpaired) electrons. The molecule has 1 unspecified atom stereocenters. The first-order valence-electron chi connectivity index (χ1n) is 7.00. The summed E-state index contributed by atoms with van der Waals surface area (Å²) in [4.78, 5) is 4.53. The van der Waals surface area contributed by atoms with Crippen LogP contribution >= 0.6 is 12.2 Å². The highest BCUT2D eigenvalue weighted by atomic mass is 32.1. The van der Waals surface area contributed by atoms with E-state index in [0.717, 1.165) is 18.6 Å². The minimum atomic E-state index is 0.331. The number of thiocarbonyl (C=S) groups is 1. The van der Waals surface area contributed by atoms with E-state index >= 15 is 0 Å².